The lowest BCUT2D eigenvalue weighted by molar-refractivity contribution is -0.137. The Hall–Kier alpha value is -1.97. The molecule has 0 fully saturated rings. The topological polar surface area (TPSA) is 86.0 Å². The summed E-state index contributed by atoms with van der Waals surface area (Å²) in [6, 6.07) is 1.46. The highest BCUT2D eigenvalue weighted by molar-refractivity contribution is 7.91. The predicted molar refractivity (Wildman–Crippen MR) is 63.9 cm³/mol. The van der Waals surface area contributed by atoms with Crippen LogP contribution in [-0.4, -0.2) is 23.6 Å². The van der Waals surface area contributed by atoms with Crippen molar-refractivity contribution in [2.75, 3.05) is 0 Å². The van der Waals surface area contributed by atoms with Crippen molar-refractivity contribution >= 4 is 9.84 Å². The van der Waals surface area contributed by atoms with E-state index in [1.807, 2.05) is 0 Å². The lowest BCUT2D eigenvalue weighted by atomic mass is 10.3. The van der Waals surface area contributed by atoms with Crippen molar-refractivity contribution in [1.82, 2.24) is 15.2 Å². The van der Waals surface area contributed by atoms with E-state index >= 15 is 0 Å². The molecule has 0 saturated heterocycles. The molecule has 1 atom stereocenters. The van der Waals surface area contributed by atoms with E-state index in [1.165, 1.54) is 13.8 Å². The van der Waals surface area contributed by atoms with E-state index in [0.29, 0.717) is 12.3 Å². The zero-order valence-electron chi connectivity index (χ0n) is 10.9. The molecule has 0 aromatic carbocycles. The summed E-state index contributed by atoms with van der Waals surface area (Å²) in [7, 11) is -4.02. The Morgan fingerprint density at radius 1 is 1.24 bits per heavy atom. The van der Waals surface area contributed by atoms with Gasteiger partial charge in [0, 0.05) is 13.1 Å². The van der Waals surface area contributed by atoms with Crippen LogP contribution in [0.5, 0.6) is 0 Å². The highest BCUT2D eigenvalue weighted by Crippen LogP contribution is 2.31. The van der Waals surface area contributed by atoms with Gasteiger partial charge in [0.1, 0.15) is 5.25 Å². The lowest BCUT2D eigenvalue weighted by Gasteiger charge is -2.10. The third-order valence-corrected chi connectivity index (χ3v) is 4.67. The van der Waals surface area contributed by atoms with Crippen LogP contribution in [0, 0.1) is 6.92 Å². The molecule has 6 nitrogen and oxygen atoms in total. The first-order valence-electron chi connectivity index (χ1n) is 5.69. The van der Waals surface area contributed by atoms with Gasteiger partial charge >= 0.3 is 6.18 Å². The van der Waals surface area contributed by atoms with Crippen molar-refractivity contribution in [3.8, 4) is 0 Å². The van der Waals surface area contributed by atoms with Crippen LogP contribution in [0.3, 0.4) is 0 Å². The number of hydrogen-bond donors (Lipinski definition) is 0. The Balaban J connectivity index is 2.36. The minimum Gasteiger partial charge on any atom is -0.424 e. The van der Waals surface area contributed by atoms with Gasteiger partial charge < -0.3 is 4.42 Å². The predicted octanol–water partition coefficient (Wildman–Crippen LogP) is 2.33. The molecule has 0 aliphatic heterocycles. The summed E-state index contributed by atoms with van der Waals surface area (Å²) >= 11 is 0. The van der Waals surface area contributed by atoms with E-state index in [1.54, 1.807) is 0 Å². The van der Waals surface area contributed by atoms with Crippen molar-refractivity contribution < 1.29 is 26.0 Å². The van der Waals surface area contributed by atoms with Gasteiger partial charge in [-0.2, -0.15) is 13.2 Å². The molecule has 0 bridgehead atoms. The maximum atomic E-state index is 12.4. The van der Waals surface area contributed by atoms with E-state index in [4.69, 9.17) is 4.42 Å². The first kappa shape index (κ1) is 15.4. The minimum atomic E-state index is -4.58. The fourth-order valence-corrected chi connectivity index (χ4v) is 2.69. The zero-order valence-corrected chi connectivity index (χ0v) is 11.7. The summed E-state index contributed by atoms with van der Waals surface area (Å²) < 4.78 is 66.7. The number of halogens is 3. The van der Waals surface area contributed by atoms with Crippen molar-refractivity contribution in [2.45, 2.75) is 30.3 Å². The summed E-state index contributed by atoms with van der Waals surface area (Å²) in [5.74, 6) is 0.0432. The monoisotopic (exact) mass is 321 g/mol. The number of aryl methyl sites for hydroxylation is 1. The summed E-state index contributed by atoms with van der Waals surface area (Å²) in [4.78, 5) is 3.37. The van der Waals surface area contributed by atoms with Gasteiger partial charge in [0.25, 0.3) is 0 Å². The second kappa shape index (κ2) is 5.10. The summed E-state index contributed by atoms with van der Waals surface area (Å²) in [5, 5.41) is 5.41. The fourth-order valence-electron chi connectivity index (χ4n) is 1.51. The molecule has 2 rings (SSSR count). The van der Waals surface area contributed by atoms with Gasteiger partial charge in [-0.15, -0.1) is 10.2 Å². The molecule has 1 unspecified atom stereocenters. The van der Waals surface area contributed by atoms with E-state index in [0.717, 1.165) is 6.07 Å². The van der Waals surface area contributed by atoms with E-state index in [9.17, 15) is 21.6 Å². The average molecular weight is 321 g/mol. The first-order chi connectivity index (χ1) is 9.62. The standard InChI is InChI=1S/C11H10F3N3O3S/c1-6(10-17-16-7(2)20-10)21(18,19)9-4-3-8(5-15-9)11(12,13)14/h3-6H,1-2H3. The van der Waals surface area contributed by atoms with E-state index in [-0.39, 0.29) is 11.8 Å². The molecule has 10 heteroatoms. The molecule has 0 radical (unpaired) electrons. The molecule has 0 amide bonds. The third kappa shape index (κ3) is 3.04. The third-order valence-electron chi connectivity index (χ3n) is 2.71. The van der Waals surface area contributed by atoms with Crippen molar-refractivity contribution in [2.24, 2.45) is 0 Å². The second-order valence-electron chi connectivity index (χ2n) is 4.23. The molecule has 2 heterocycles. The smallest absolute Gasteiger partial charge is 0.417 e. The van der Waals surface area contributed by atoms with Gasteiger partial charge in [-0.3, -0.25) is 0 Å². The van der Waals surface area contributed by atoms with Crippen LogP contribution < -0.4 is 0 Å². The Labute approximate surface area is 117 Å². The Morgan fingerprint density at radius 2 is 1.90 bits per heavy atom. The number of nitrogens with zero attached hydrogens (tertiary/aromatic N) is 3. The molecular formula is C11H10F3N3O3S. The highest BCUT2D eigenvalue weighted by Gasteiger charge is 2.34. The number of sulfone groups is 1. The Kier molecular flexibility index (Phi) is 3.74. The van der Waals surface area contributed by atoms with Gasteiger partial charge in [0.15, 0.2) is 5.03 Å². The van der Waals surface area contributed by atoms with Gasteiger partial charge in [-0.25, -0.2) is 13.4 Å². The zero-order chi connectivity index (χ0) is 15.8. The normalized spacial score (nSPS) is 14.1. The number of pyridine rings is 1. The maximum absolute atomic E-state index is 12.4. The largest absolute Gasteiger partial charge is 0.424 e. The average Bonchev–Trinajstić information content (AvgIpc) is 2.83. The van der Waals surface area contributed by atoms with Crippen LogP contribution in [0.15, 0.2) is 27.8 Å². The van der Waals surface area contributed by atoms with Crippen LogP contribution in [0.25, 0.3) is 0 Å². The number of hydrogen-bond acceptors (Lipinski definition) is 6. The highest BCUT2D eigenvalue weighted by atomic mass is 32.2. The summed E-state index contributed by atoms with van der Waals surface area (Å²) in [6.45, 7) is 2.79. The van der Waals surface area contributed by atoms with Crippen molar-refractivity contribution in [3.63, 3.8) is 0 Å². The van der Waals surface area contributed by atoms with E-state index < -0.39 is 31.9 Å². The Morgan fingerprint density at radius 3 is 2.33 bits per heavy atom. The van der Waals surface area contributed by atoms with Crippen molar-refractivity contribution in [1.29, 1.82) is 0 Å². The van der Waals surface area contributed by atoms with E-state index in [2.05, 4.69) is 15.2 Å². The van der Waals surface area contributed by atoms with Gasteiger partial charge in [0.05, 0.1) is 5.56 Å². The van der Waals surface area contributed by atoms with Crippen LogP contribution in [-0.2, 0) is 16.0 Å². The lowest BCUT2D eigenvalue weighted by Crippen LogP contribution is -2.14. The maximum Gasteiger partial charge on any atom is 0.417 e. The first-order valence-corrected chi connectivity index (χ1v) is 7.24. The molecule has 21 heavy (non-hydrogen) atoms. The fraction of sp³-hybridized carbons (Fsp3) is 0.364. The molecular weight excluding hydrogens is 311 g/mol. The van der Waals surface area contributed by atoms with Crippen LogP contribution >= 0.6 is 0 Å². The molecule has 0 N–H and O–H groups in total. The molecule has 2 aromatic rings. The second-order valence-corrected chi connectivity index (χ2v) is 6.44. The van der Waals surface area contributed by atoms with Crippen LogP contribution in [0.2, 0.25) is 0 Å². The number of alkyl halides is 3. The molecule has 0 aliphatic rings. The van der Waals surface area contributed by atoms with Crippen molar-refractivity contribution in [3.05, 3.63) is 35.7 Å². The van der Waals surface area contributed by atoms with Crippen LogP contribution in [0.1, 0.15) is 29.5 Å². The molecule has 0 spiro atoms. The number of rotatable bonds is 3. The molecule has 2 aromatic heterocycles. The Bertz CT molecular complexity index is 738. The summed E-state index contributed by atoms with van der Waals surface area (Å²) in [6.07, 6.45) is -4.11. The van der Waals surface area contributed by atoms with Crippen LogP contribution in [0.4, 0.5) is 13.2 Å². The SMILES string of the molecule is Cc1nnc(C(C)S(=O)(=O)c2ccc(C(F)(F)F)cn2)o1. The van der Waals surface area contributed by atoms with Gasteiger partial charge in [0.2, 0.25) is 21.6 Å². The molecule has 0 saturated carbocycles. The van der Waals surface area contributed by atoms with Gasteiger partial charge in [-0.05, 0) is 19.1 Å². The quantitative estimate of drug-likeness (QED) is 0.862. The minimum absolute atomic E-state index is 0.144. The number of aromatic nitrogens is 3. The summed E-state index contributed by atoms with van der Waals surface area (Å²) in [5.41, 5.74) is -1.03. The molecule has 0 aliphatic carbocycles. The molecule has 114 valence electrons. The van der Waals surface area contributed by atoms with Gasteiger partial charge in [-0.1, -0.05) is 0 Å².